The van der Waals surface area contributed by atoms with E-state index < -0.39 is 0 Å². The zero-order chi connectivity index (χ0) is 16.9. The van der Waals surface area contributed by atoms with Crippen LogP contribution in [0.2, 0.25) is 0 Å². The zero-order valence-corrected chi connectivity index (χ0v) is 14.5. The van der Waals surface area contributed by atoms with E-state index >= 15 is 0 Å². The van der Waals surface area contributed by atoms with Gasteiger partial charge in [0.05, 0.1) is 11.9 Å². The summed E-state index contributed by atoms with van der Waals surface area (Å²) >= 11 is 1.46. The molecule has 0 radical (unpaired) electrons. The fraction of sp³-hybridized carbons (Fsp3) is 0.389. The molecule has 2 N–H and O–H groups in total. The molecule has 1 aromatic heterocycles. The third-order valence-electron chi connectivity index (χ3n) is 4.27. The molecule has 1 aliphatic rings. The van der Waals surface area contributed by atoms with Gasteiger partial charge in [0.15, 0.2) is 0 Å². The number of nitrogens with zero attached hydrogens (tertiary/aromatic N) is 1. The molecule has 0 spiro atoms. The van der Waals surface area contributed by atoms with E-state index in [4.69, 9.17) is 0 Å². The van der Waals surface area contributed by atoms with Gasteiger partial charge in [-0.15, -0.1) is 11.3 Å². The first-order chi connectivity index (χ1) is 11.6. The number of rotatable bonds is 5. The Bertz CT molecular complexity index is 722. The molecule has 0 atom stereocenters. The second kappa shape index (κ2) is 7.57. The molecule has 0 aliphatic heterocycles. The molecule has 1 saturated carbocycles. The molecule has 1 aromatic carbocycles. The Morgan fingerprint density at radius 2 is 2.08 bits per heavy atom. The van der Waals surface area contributed by atoms with Crippen molar-refractivity contribution in [2.24, 2.45) is 0 Å². The lowest BCUT2D eigenvalue weighted by molar-refractivity contribution is -0.115. The number of aryl methyl sites for hydroxylation is 1. The van der Waals surface area contributed by atoms with Gasteiger partial charge in [0.1, 0.15) is 0 Å². The van der Waals surface area contributed by atoms with Crippen LogP contribution in [0.3, 0.4) is 0 Å². The summed E-state index contributed by atoms with van der Waals surface area (Å²) in [6.07, 6.45) is 6.53. The van der Waals surface area contributed by atoms with Gasteiger partial charge in [-0.2, -0.15) is 0 Å². The Morgan fingerprint density at radius 3 is 2.75 bits per heavy atom. The summed E-state index contributed by atoms with van der Waals surface area (Å²) < 4.78 is 0. The fourth-order valence-corrected chi connectivity index (χ4v) is 3.56. The molecule has 0 bridgehead atoms. The van der Waals surface area contributed by atoms with Crippen molar-refractivity contribution >= 4 is 28.8 Å². The van der Waals surface area contributed by atoms with Crippen molar-refractivity contribution in [3.8, 4) is 0 Å². The minimum atomic E-state index is -0.0782. The molecule has 1 heterocycles. The lowest BCUT2D eigenvalue weighted by Gasteiger charge is -2.13. The lowest BCUT2D eigenvalue weighted by atomic mass is 10.1. The summed E-state index contributed by atoms with van der Waals surface area (Å²) in [4.78, 5) is 29.3. The molecule has 24 heavy (non-hydrogen) atoms. The van der Waals surface area contributed by atoms with E-state index in [1.165, 1.54) is 24.2 Å². The van der Waals surface area contributed by atoms with Crippen LogP contribution in [0.25, 0.3) is 0 Å². The molecule has 126 valence electrons. The van der Waals surface area contributed by atoms with E-state index in [2.05, 4.69) is 15.6 Å². The number of anilines is 1. The molecular weight excluding hydrogens is 322 g/mol. The van der Waals surface area contributed by atoms with Crippen LogP contribution < -0.4 is 10.6 Å². The summed E-state index contributed by atoms with van der Waals surface area (Å²) in [7, 11) is 0. The second-order valence-corrected chi connectivity index (χ2v) is 7.15. The van der Waals surface area contributed by atoms with Crippen LogP contribution in [-0.2, 0) is 11.2 Å². The van der Waals surface area contributed by atoms with Gasteiger partial charge in [0, 0.05) is 28.4 Å². The van der Waals surface area contributed by atoms with Crippen LogP contribution in [0, 0.1) is 6.92 Å². The number of carbonyl (C=O) groups excluding carboxylic acids is 2. The SMILES string of the molecule is Cc1cc(C(=O)NC2CCCC2)ccc1NC(=O)Cc1cncs1. The first-order valence-electron chi connectivity index (χ1n) is 8.20. The van der Waals surface area contributed by atoms with Crippen LogP contribution in [-0.4, -0.2) is 22.8 Å². The monoisotopic (exact) mass is 343 g/mol. The molecule has 1 aliphatic carbocycles. The minimum absolute atomic E-state index is 0.0347. The first-order valence-corrected chi connectivity index (χ1v) is 9.08. The molecule has 3 rings (SSSR count). The number of nitrogens with one attached hydrogen (secondary N) is 2. The Morgan fingerprint density at radius 1 is 1.29 bits per heavy atom. The number of aromatic nitrogens is 1. The Labute approximate surface area is 145 Å². The smallest absolute Gasteiger partial charge is 0.251 e. The second-order valence-electron chi connectivity index (χ2n) is 6.18. The van der Waals surface area contributed by atoms with E-state index in [0.717, 1.165) is 29.0 Å². The van der Waals surface area contributed by atoms with Crippen molar-refractivity contribution in [1.29, 1.82) is 0 Å². The maximum Gasteiger partial charge on any atom is 0.251 e. The quantitative estimate of drug-likeness (QED) is 0.875. The fourth-order valence-electron chi connectivity index (χ4n) is 2.97. The number of hydrogen-bond acceptors (Lipinski definition) is 4. The highest BCUT2D eigenvalue weighted by atomic mass is 32.1. The molecule has 5 nitrogen and oxygen atoms in total. The van der Waals surface area contributed by atoms with E-state index in [1.54, 1.807) is 23.8 Å². The molecule has 1 fully saturated rings. The molecule has 6 heteroatoms. The summed E-state index contributed by atoms with van der Waals surface area (Å²) in [6.45, 7) is 1.90. The molecule has 2 aromatic rings. The number of amides is 2. The standard InChI is InChI=1S/C18H21N3O2S/c1-12-8-13(18(23)20-14-4-2-3-5-14)6-7-16(12)21-17(22)9-15-10-19-11-24-15/h6-8,10-11,14H,2-5,9H2,1H3,(H,20,23)(H,21,22). The van der Waals surface area contributed by atoms with Gasteiger partial charge in [0.2, 0.25) is 5.91 Å². The largest absolute Gasteiger partial charge is 0.349 e. The Hall–Kier alpha value is -2.21. The van der Waals surface area contributed by atoms with Gasteiger partial charge in [-0.25, -0.2) is 0 Å². The Balaban J connectivity index is 1.61. The van der Waals surface area contributed by atoms with Crippen molar-refractivity contribution in [1.82, 2.24) is 10.3 Å². The van der Waals surface area contributed by atoms with Crippen LogP contribution in [0.5, 0.6) is 0 Å². The molecule has 0 saturated heterocycles. The summed E-state index contributed by atoms with van der Waals surface area (Å²) in [6, 6.07) is 5.69. The van der Waals surface area contributed by atoms with Crippen molar-refractivity contribution in [2.45, 2.75) is 45.1 Å². The van der Waals surface area contributed by atoms with Crippen LogP contribution >= 0.6 is 11.3 Å². The lowest BCUT2D eigenvalue weighted by Crippen LogP contribution is -2.32. The maximum atomic E-state index is 12.3. The first kappa shape index (κ1) is 16.6. The van der Waals surface area contributed by atoms with Crippen molar-refractivity contribution in [3.05, 3.63) is 45.9 Å². The highest BCUT2D eigenvalue weighted by molar-refractivity contribution is 7.09. The number of thiazole rings is 1. The highest BCUT2D eigenvalue weighted by Gasteiger charge is 2.18. The van der Waals surface area contributed by atoms with Crippen molar-refractivity contribution < 1.29 is 9.59 Å². The van der Waals surface area contributed by atoms with Gasteiger partial charge in [-0.3, -0.25) is 14.6 Å². The minimum Gasteiger partial charge on any atom is -0.349 e. The third kappa shape index (κ3) is 4.20. The van der Waals surface area contributed by atoms with Gasteiger partial charge in [-0.1, -0.05) is 12.8 Å². The van der Waals surface area contributed by atoms with Gasteiger partial charge in [0.25, 0.3) is 5.91 Å². The van der Waals surface area contributed by atoms with Crippen LogP contribution in [0.4, 0.5) is 5.69 Å². The summed E-state index contributed by atoms with van der Waals surface area (Å²) in [5.74, 6) is -0.113. The van der Waals surface area contributed by atoms with E-state index in [9.17, 15) is 9.59 Å². The van der Waals surface area contributed by atoms with E-state index in [1.807, 2.05) is 13.0 Å². The molecule has 0 unspecified atom stereocenters. The highest BCUT2D eigenvalue weighted by Crippen LogP contribution is 2.20. The van der Waals surface area contributed by atoms with Gasteiger partial charge >= 0.3 is 0 Å². The van der Waals surface area contributed by atoms with Crippen LogP contribution in [0.15, 0.2) is 29.9 Å². The molecule has 2 amide bonds. The van der Waals surface area contributed by atoms with Crippen molar-refractivity contribution in [2.75, 3.05) is 5.32 Å². The number of benzene rings is 1. The normalized spacial score (nSPS) is 14.5. The molecular formula is C18H21N3O2S. The predicted octanol–water partition coefficient (Wildman–Crippen LogP) is 3.31. The van der Waals surface area contributed by atoms with Crippen molar-refractivity contribution in [3.63, 3.8) is 0 Å². The van der Waals surface area contributed by atoms with Gasteiger partial charge in [-0.05, 0) is 43.5 Å². The predicted molar refractivity (Wildman–Crippen MR) is 95.3 cm³/mol. The average molecular weight is 343 g/mol. The number of carbonyl (C=O) groups is 2. The topological polar surface area (TPSA) is 71.1 Å². The zero-order valence-electron chi connectivity index (χ0n) is 13.7. The summed E-state index contributed by atoms with van der Waals surface area (Å²) in [5, 5.41) is 5.98. The summed E-state index contributed by atoms with van der Waals surface area (Å²) in [5.41, 5.74) is 3.97. The van der Waals surface area contributed by atoms with E-state index in [-0.39, 0.29) is 11.8 Å². The van der Waals surface area contributed by atoms with Gasteiger partial charge < -0.3 is 10.6 Å². The Kier molecular flexibility index (Phi) is 5.25. The third-order valence-corrected chi connectivity index (χ3v) is 5.05. The number of hydrogen-bond donors (Lipinski definition) is 2. The van der Waals surface area contributed by atoms with E-state index in [0.29, 0.717) is 18.0 Å². The average Bonchev–Trinajstić information content (AvgIpc) is 3.23. The van der Waals surface area contributed by atoms with Crippen LogP contribution in [0.1, 0.15) is 46.5 Å². The maximum absolute atomic E-state index is 12.3.